The predicted molar refractivity (Wildman–Crippen MR) is 72.4 cm³/mol. The highest BCUT2D eigenvalue weighted by Crippen LogP contribution is 2.25. The molecule has 1 saturated heterocycles. The first-order valence-electron chi connectivity index (χ1n) is 6.17. The summed E-state index contributed by atoms with van der Waals surface area (Å²) in [6.45, 7) is 1.99. The minimum absolute atomic E-state index is 0.331. The molecule has 2 heterocycles. The van der Waals surface area contributed by atoms with E-state index in [1.54, 1.807) is 6.07 Å². The van der Waals surface area contributed by atoms with Gasteiger partial charge in [0.25, 0.3) is 0 Å². The quantitative estimate of drug-likeness (QED) is 0.800. The van der Waals surface area contributed by atoms with Crippen LogP contribution in [0.4, 0.5) is 17.3 Å². The van der Waals surface area contributed by atoms with Crippen molar-refractivity contribution in [2.24, 2.45) is 5.11 Å². The third kappa shape index (κ3) is 2.59. The van der Waals surface area contributed by atoms with Crippen LogP contribution in [0.15, 0.2) is 17.2 Å². The Morgan fingerprint density at radius 2 is 2.06 bits per heavy atom. The second kappa shape index (κ2) is 5.30. The van der Waals surface area contributed by atoms with E-state index in [9.17, 15) is 0 Å². The van der Waals surface area contributed by atoms with Crippen molar-refractivity contribution in [1.29, 1.82) is 5.53 Å². The summed E-state index contributed by atoms with van der Waals surface area (Å²) in [5.74, 6) is 1.22. The zero-order chi connectivity index (χ0) is 13.1. The highest BCUT2D eigenvalue weighted by Gasteiger charge is 2.21. The minimum Gasteiger partial charge on any atom is -0.382 e. The van der Waals surface area contributed by atoms with Gasteiger partial charge in [-0.3, -0.25) is 0 Å². The fourth-order valence-corrected chi connectivity index (χ4v) is 2.34. The van der Waals surface area contributed by atoms with Crippen LogP contribution < -0.4 is 10.6 Å². The van der Waals surface area contributed by atoms with E-state index < -0.39 is 0 Å². The van der Waals surface area contributed by atoms with Gasteiger partial charge in [0.05, 0.1) is 0 Å². The van der Waals surface area contributed by atoms with Crippen LogP contribution in [0, 0.1) is 5.53 Å². The zero-order valence-electron chi connectivity index (χ0n) is 10.9. The van der Waals surface area contributed by atoms with Gasteiger partial charge in [0.15, 0.2) is 5.82 Å². The molecule has 6 heteroatoms. The van der Waals surface area contributed by atoms with Crippen LogP contribution in [-0.2, 0) is 0 Å². The van der Waals surface area contributed by atoms with Crippen LogP contribution in [0.1, 0.15) is 12.8 Å². The summed E-state index contributed by atoms with van der Waals surface area (Å²) >= 11 is 0. The van der Waals surface area contributed by atoms with Gasteiger partial charge in [-0.15, -0.1) is 0 Å². The number of piperidine rings is 1. The summed E-state index contributed by atoms with van der Waals surface area (Å²) in [5.41, 5.74) is 13.1. The summed E-state index contributed by atoms with van der Waals surface area (Å²) in [6.07, 6.45) is 2.28. The molecular weight excluding hydrogens is 228 g/mol. The second-order valence-electron chi connectivity index (χ2n) is 4.87. The van der Waals surface area contributed by atoms with Gasteiger partial charge in [-0.1, -0.05) is 0 Å². The number of nitrogens with two attached hydrogens (primary N) is 1. The van der Waals surface area contributed by atoms with E-state index in [-0.39, 0.29) is 0 Å². The summed E-state index contributed by atoms with van der Waals surface area (Å²) in [7, 11) is 4.25. The van der Waals surface area contributed by atoms with E-state index in [1.807, 2.05) is 6.07 Å². The first kappa shape index (κ1) is 12.8. The normalized spacial score (nSPS) is 17.2. The lowest BCUT2D eigenvalue weighted by Gasteiger charge is -2.35. The molecule has 1 fully saturated rings. The van der Waals surface area contributed by atoms with Gasteiger partial charge in [0.1, 0.15) is 11.5 Å². The lowest BCUT2D eigenvalue weighted by Crippen LogP contribution is -2.42. The molecule has 0 saturated carbocycles. The molecule has 0 aromatic carbocycles. The first-order valence-corrected chi connectivity index (χ1v) is 6.17. The van der Waals surface area contributed by atoms with Crippen molar-refractivity contribution in [3.8, 4) is 0 Å². The standard InChI is InChI=1S/C12H20N6/c1-17(2)9-5-7-18(8-6-9)11-4-3-10(16-14)12(13)15-11/h3-4,9,14H,5-8H2,1-2H3,(H2,13,15). The number of aromatic nitrogens is 1. The maximum Gasteiger partial charge on any atom is 0.153 e. The monoisotopic (exact) mass is 248 g/mol. The summed E-state index contributed by atoms with van der Waals surface area (Å²) in [6, 6.07) is 4.30. The van der Waals surface area contributed by atoms with Crippen LogP contribution >= 0.6 is 0 Å². The van der Waals surface area contributed by atoms with E-state index in [2.05, 4.69) is 34.0 Å². The average molecular weight is 248 g/mol. The van der Waals surface area contributed by atoms with Gasteiger partial charge < -0.3 is 15.5 Å². The molecule has 0 unspecified atom stereocenters. The van der Waals surface area contributed by atoms with Crippen molar-refractivity contribution in [2.75, 3.05) is 37.8 Å². The Bertz CT molecular complexity index is 423. The molecule has 0 amide bonds. The van der Waals surface area contributed by atoms with Crippen LogP contribution in [-0.4, -0.2) is 43.1 Å². The molecule has 6 nitrogen and oxygen atoms in total. The first-order chi connectivity index (χ1) is 8.61. The molecule has 0 atom stereocenters. The Morgan fingerprint density at radius 1 is 1.39 bits per heavy atom. The summed E-state index contributed by atoms with van der Waals surface area (Å²) in [4.78, 5) is 8.83. The Kier molecular flexibility index (Phi) is 3.76. The number of hydrogen-bond acceptors (Lipinski definition) is 6. The van der Waals surface area contributed by atoms with Crippen LogP contribution in [0.2, 0.25) is 0 Å². The molecule has 2 rings (SSSR count). The van der Waals surface area contributed by atoms with E-state index in [0.717, 1.165) is 31.7 Å². The molecule has 1 aliphatic rings. The number of hydrogen-bond donors (Lipinski definition) is 2. The number of nitrogen functional groups attached to an aromatic ring is 1. The smallest absolute Gasteiger partial charge is 0.153 e. The molecule has 1 aliphatic heterocycles. The van der Waals surface area contributed by atoms with Crippen LogP contribution in [0.5, 0.6) is 0 Å². The van der Waals surface area contributed by atoms with Crippen molar-refractivity contribution in [3.63, 3.8) is 0 Å². The Balaban J connectivity index is 2.05. The van der Waals surface area contributed by atoms with Crippen LogP contribution in [0.3, 0.4) is 0 Å². The van der Waals surface area contributed by atoms with Crippen molar-refractivity contribution >= 4 is 17.3 Å². The van der Waals surface area contributed by atoms with Crippen molar-refractivity contribution in [2.45, 2.75) is 18.9 Å². The SMILES string of the molecule is CN(C)C1CCN(c2ccc(N=N)c(N)n2)CC1. The average Bonchev–Trinajstić information content (AvgIpc) is 2.38. The number of nitrogens with one attached hydrogen (secondary N) is 1. The Hall–Kier alpha value is -1.69. The van der Waals surface area contributed by atoms with Gasteiger partial charge in [0.2, 0.25) is 0 Å². The molecule has 1 aromatic heterocycles. The maximum atomic E-state index is 6.96. The number of rotatable bonds is 3. The maximum absolute atomic E-state index is 6.96. The predicted octanol–water partition coefficient (Wildman–Crippen LogP) is 1.86. The third-order valence-electron chi connectivity index (χ3n) is 3.53. The highest BCUT2D eigenvalue weighted by molar-refractivity contribution is 5.61. The fraction of sp³-hybridized carbons (Fsp3) is 0.583. The van der Waals surface area contributed by atoms with E-state index >= 15 is 0 Å². The van der Waals surface area contributed by atoms with E-state index in [0.29, 0.717) is 17.5 Å². The lowest BCUT2D eigenvalue weighted by atomic mass is 10.0. The van der Waals surface area contributed by atoms with Gasteiger partial charge in [-0.05, 0) is 39.1 Å². The van der Waals surface area contributed by atoms with Gasteiger partial charge in [0, 0.05) is 19.1 Å². The fourth-order valence-electron chi connectivity index (χ4n) is 2.34. The molecule has 0 radical (unpaired) electrons. The van der Waals surface area contributed by atoms with E-state index in [1.165, 1.54) is 0 Å². The summed E-state index contributed by atoms with van der Waals surface area (Å²) in [5, 5.41) is 3.33. The molecule has 98 valence electrons. The van der Waals surface area contributed by atoms with Crippen molar-refractivity contribution < 1.29 is 0 Å². The zero-order valence-corrected chi connectivity index (χ0v) is 10.9. The van der Waals surface area contributed by atoms with Gasteiger partial charge >= 0.3 is 0 Å². The second-order valence-corrected chi connectivity index (χ2v) is 4.87. The van der Waals surface area contributed by atoms with Gasteiger partial charge in [-0.25, -0.2) is 10.5 Å². The topological polar surface area (TPSA) is 81.6 Å². The third-order valence-corrected chi connectivity index (χ3v) is 3.53. The van der Waals surface area contributed by atoms with Crippen molar-refractivity contribution in [3.05, 3.63) is 12.1 Å². The molecule has 18 heavy (non-hydrogen) atoms. The molecular formula is C12H20N6. The summed E-state index contributed by atoms with van der Waals surface area (Å²) < 4.78 is 0. The molecule has 0 aliphatic carbocycles. The highest BCUT2D eigenvalue weighted by atomic mass is 15.2. The Morgan fingerprint density at radius 3 is 2.56 bits per heavy atom. The number of anilines is 2. The largest absolute Gasteiger partial charge is 0.382 e. The Labute approximate surface area is 107 Å². The number of pyridine rings is 1. The van der Waals surface area contributed by atoms with Crippen molar-refractivity contribution in [1.82, 2.24) is 9.88 Å². The number of nitrogens with zero attached hydrogens (tertiary/aromatic N) is 4. The lowest BCUT2D eigenvalue weighted by molar-refractivity contribution is 0.249. The minimum atomic E-state index is 0.331. The molecule has 1 aromatic rings. The van der Waals surface area contributed by atoms with Crippen LogP contribution in [0.25, 0.3) is 0 Å². The molecule has 0 spiro atoms. The van der Waals surface area contributed by atoms with Gasteiger partial charge in [-0.2, -0.15) is 5.11 Å². The molecule has 0 bridgehead atoms. The van der Waals surface area contributed by atoms with E-state index in [4.69, 9.17) is 11.3 Å². The molecule has 3 N–H and O–H groups in total.